The van der Waals surface area contributed by atoms with E-state index in [1.54, 1.807) is 0 Å². The van der Waals surface area contributed by atoms with Gasteiger partial charge in [0, 0.05) is 71.2 Å². The van der Waals surface area contributed by atoms with Crippen LogP contribution in [0.15, 0.2) is 229 Å². The summed E-state index contributed by atoms with van der Waals surface area (Å²) in [4.78, 5) is 20.3. The third kappa shape index (κ3) is 5.77. The zero-order valence-corrected chi connectivity index (χ0v) is 37.4. The van der Waals surface area contributed by atoms with E-state index in [0.717, 1.165) is 83.0 Å². The summed E-state index contributed by atoms with van der Waals surface area (Å²) in [5, 5.41) is 9.03. The number of aromatic nitrogens is 7. The van der Waals surface area contributed by atoms with Crippen molar-refractivity contribution in [1.29, 1.82) is 0 Å². The zero-order chi connectivity index (χ0) is 45.9. The Balaban J connectivity index is 0.835. The molecule has 0 atom stereocenters. The molecule has 0 saturated heterocycles. The quantitative estimate of drug-likeness (QED) is 0.166. The Morgan fingerprint density at radius 1 is 0.286 bits per heavy atom. The van der Waals surface area contributed by atoms with Crippen LogP contribution in [-0.2, 0) is 0 Å². The molecule has 0 fully saturated rings. The van der Waals surface area contributed by atoms with Gasteiger partial charge in [-0.2, -0.15) is 9.97 Å². The Bertz CT molecular complexity index is 4490. The number of hydrogen-bond donors (Lipinski definition) is 0. The second-order valence-corrected chi connectivity index (χ2v) is 17.9. The van der Waals surface area contributed by atoms with Crippen molar-refractivity contribution < 1.29 is 4.42 Å². The normalized spacial score (nSPS) is 12.0. The van der Waals surface area contributed by atoms with E-state index in [0.29, 0.717) is 23.3 Å². The summed E-state index contributed by atoms with van der Waals surface area (Å²) in [6.07, 6.45) is 0. The molecule has 0 bridgehead atoms. The predicted octanol–water partition coefficient (Wildman–Crippen LogP) is 15.5. The topological polar surface area (TPSA) is 79.5 Å². The van der Waals surface area contributed by atoms with E-state index >= 15 is 0 Å². The molecule has 0 saturated carbocycles. The van der Waals surface area contributed by atoms with Gasteiger partial charge in [0.05, 0.1) is 38.8 Å². The maximum absolute atomic E-state index is 6.55. The first kappa shape index (κ1) is 38.4. The molecule has 0 aliphatic carbocycles. The lowest BCUT2D eigenvalue weighted by Gasteiger charge is -2.11. The molecule has 0 spiro atoms. The van der Waals surface area contributed by atoms with Gasteiger partial charge in [-0.05, 0) is 84.9 Å². The number of benzene rings is 9. The van der Waals surface area contributed by atoms with E-state index in [1.807, 2.05) is 60.7 Å². The molecule has 0 aliphatic heterocycles. The van der Waals surface area contributed by atoms with Gasteiger partial charge < -0.3 is 13.6 Å². The number of fused-ring (bicyclic) bond motifs is 12. The summed E-state index contributed by atoms with van der Waals surface area (Å²) < 4.78 is 13.5. The number of rotatable bonds is 6. The minimum Gasteiger partial charge on any atom is -0.438 e. The summed E-state index contributed by atoms with van der Waals surface area (Å²) in [6.45, 7) is 0. The molecule has 9 aromatic carbocycles. The van der Waals surface area contributed by atoms with E-state index < -0.39 is 0 Å². The number of pyridine rings is 1. The molecule has 8 heteroatoms. The van der Waals surface area contributed by atoms with Crippen molar-refractivity contribution in [3.8, 4) is 51.4 Å². The number of nitrogens with zero attached hydrogens (tertiary/aromatic N) is 7. The van der Waals surface area contributed by atoms with E-state index in [-0.39, 0.29) is 0 Å². The molecule has 15 rings (SSSR count). The first-order valence-electron chi connectivity index (χ1n) is 23.5. The lowest BCUT2D eigenvalue weighted by molar-refractivity contribution is 0.654. The molecule has 70 heavy (non-hydrogen) atoms. The molecule has 0 N–H and O–H groups in total. The molecule has 0 amide bonds. The Kier molecular flexibility index (Phi) is 8.20. The van der Waals surface area contributed by atoms with Crippen molar-refractivity contribution >= 4 is 87.5 Å². The van der Waals surface area contributed by atoms with E-state index in [4.69, 9.17) is 24.4 Å². The summed E-state index contributed by atoms with van der Waals surface area (Å²) >= 11 is 0. The monoisotopic (exact) mass is 895 g/mol. The fraction of sp³-hybridized carbons (Fsp3) is 0. The summed E-state index contributed by atoms with van der Waals surface area (Å²) in [5.41, 5.74) is 13.9. The van der Waals surface area contributed by atoms with Crippen LogP contribution in [-0.4, -0.2) is 33.6 Å². The highest BCUT2D eigenvalue weighted by molar-refractivity contribution is 6.14. The van der Waals surface area contributed by atoms with Crippen molar-refractivity contribution in [3.05, 3.63) is 224 Å². The average Bonchev–Trinajstić information content (AvgIpc) is 4.17. The summed E-state index contributed by atoms with van der Waals surface area (Å²) in [6, 6.07) is 78.7. The number of hydrogen-bond acceptors (Lipinski definition) is 5. The third-order valence-electron chi connectivity index (χ3n) is 13.9. The van der Waals surface area contributed by atoms with E-state index in [9.17, 15) is 0 Å². The minimum absolute atomic E-state index is 0.554. The van der Waals surface area contributed by atoms with Crippen molar-refractivity contribution in [2.45, 2.75) is 0 Å². The lowest BCUT2D eigenvalue weighted by Crippen LogP contribution is -2.06. The van der Waals surface area contributed by atoms with Gasteiger partial charge in [0.1, 0.15) is 5.58 Å². The van der Waals surface area contributed by atoms with Crippen LogP contribution in [0.2, 0.25) is 0 Å². The molecule has 0 aliphatic rings. The largest absolute Gasteiger partial charge is 0.438 e. The van der Waals surface area contributed by atoms with Crippen LogP contribution in [0.1, 0.15) is 0 Å². The average molecular weight is 896 g/mol. The van der Waals surface area contributed by atoms with Crippen molar-refractivity contribution in [1.82, 2.24) is 33.6 Å². The maximum atomic E-state index is 6.55. The molecule has 326 valence electrons. The Hall–Kier alpha value is -9.66. The predicted molar refractivity (Wildman–Crippen MR) is 284 cm³/mol. The summed E-state index contributed by atoms with van der Waals surface area (Å²) in [5.74, 6) is 1.78. The van der Waals surface area contributed by atoms with Gasteiger partial charge in [0.15, 0.2) is 11.6 Å². The van der Waals surface area contributed by atoms with Gasteiger partial charge in [-0.25, -0.2) is 9.97 Å². The van der Waals surface area contributed by atoms with Crippen molar-refractivity contribution in [2.24, 2.45) is 0 Å². The van der Waals surface area contributed by atoms with Crippen LogP contribution in [0.25, 0.3) is 139 Å². The van der Waals surface area contributed by atoms with Crippen LogP contribution in [0, 0.1) is 0 Å². The van der Waals surface area contributed by atoms with Gasteiger partial charge in [-0.15, -0.1) is 0 Å². The second-order valence-electron chi connectivity index (χ2n) is 17.9. The Morgan fingerprint density at radius 3 is 1.34 bits per heavy atom. The second kappa shape index (κ2) is 14.9. The highest BCUT2D eigenvalue weighted by Crippen LogP contribution is 2.40. The maximum Gasteiger partial charge on any atom is 0.238 e. The van der Waals surface area contributed by atoms with Gasteiger partial charge in [-0.1, -0.05) is 140 Å². The number of para-hydroxylation sites is 4. The van der Waals surface area contributed by atoms with Gasteiger partial charge >= 0.3 is 0 Å². The van der Waals surface area contributed by atoms with Crippen molar-refractivity contribution in [2.75, 3.05) is 0 Å². The first-order valence-corrected chi connectivity index (χ1v) is 23.5. The van der Waals surface area contributed by atoms with Crippen LogP contribution < -0.4 is 0 Å². The SMILES string of the molecule is c1ccc(-c2nc(-c3ccccc3)nc(-n3c4ccccc4c4cc(-c5ccc6c(n5)oc5ccc(-n7c8ccccc8c8cc(-n9c%10ccccc%10c%10ccccc%109)ccc87)cc56)ccc43)n2)cc1. The highest BCUT2D eigenvalue weighted by Gasteiger charge is 2.21. The van der Waals surface area contributed by atoms with Crippen LogP contribution >= 0.6 is 0 Å². The smallest absolute Gasteiger partial charge is 0.238 e. The Morgan fingerprint density at radius 2 is 0.743 bits per heavy atom. The molecule has 6 aromatic heterocycles. The fourth-order valence-corrected chi connectivity index (χ4v) is 10.8. The van der Waals surface area contributed by atoms with Crippen molar-refractivity contribution in [3.63, 3.8) is 0 Å². The summed E-state index contributed by atoms with van der Waals surface area (Å²) in [7, 11) is 0. The Labute approximate surface area is 399 Å². The molecule has 0 radical (unpaired) electrons. The van der Waals surface area contributed by atoms with E-state index in [2.05, 4.69) is 177 Å². The van der Waals surface area contributed by atoms with Gasteiger partial charge in [0.25, 0.3) is 0 Å². The van der Waals surface area contributed by atoms with E-state index in [1.165, 1.54) is 32.6 Å². The van der Waals surface area contributed by atoms with Crippen LogP contribution in [0.5, 0.6) is 0 Å². The molecule has 15 aromatic rings. The zero-order valence-electron chi connectivity index (χ0n) is 37.4. The molecule has 0 unspecified atom stereocenters. The standard InChI is InChI=1S/C62H37N7O/c1-3-15-38(16-4-1)59-64-60(39-17-5-2-6-18-39)66-62(65-59)69-55-26-14-10-21-45(55)48-35-40(27-32-57(48)69)51-31-30-47-50-37-42(29-34-58(50)70-61(47)63-51)68-54-25-13-9-22-46(54)49-36-41(28-33-56(49)68)67-52-23-11-7-19-43(52)44-20-8-12-24-53(44)67/h1-37H. The molecular weight excluding hydrogens is 859 g/mol. The third-order valence-corrected chi connectivity index (χ3v) is 13.9. The molecular formula is C62H37N7O. The van der Waals surface area contributed by atoms with Crippen LogP contribution in [0.4, 0.5) is 0 Å². The number of furan rings is 1. The highest BCUT2D eigenvalue weighted by atomic mass is 16.3. The minimum atomic E-state index is 0.554. The van der Waals surface area contributed by atoms with Crippen LogP contribution in [0.3, 0.4) is 0 Å². The molecule has 6 heterocycles. The lowest BCUT2D eigenvalue weighted by atomic mass is 10.1. The first-order chi connectivity index (χ1) is 34.7. The fourth-order valence-electron chi connectivity index (χ4n) is 10.8. The van der Waals surface area contributed by atoms with Gasteiger partial charge in [0.2, 0.25) is 11.7 Å². The molecule has 8 nitrogen and oxygen atoms in total. The van der Waals surface area contributed by atoms with Gasteiger partial charge in [-0.3, -0.25) is 4.57 Å².